The molecule has 7 nitrogen and oxygen atoms in total. The average molecular weight is 391 g/mol. The highest BCUT2D eigenvalue weighted by Gasteiger charge is 2.21. The quantitative estimate of drug-likeness (QED) is 0.506. The fourth-order valence-electron chi connectivity index (χ4n) is 2.83. The van der Waals surface area contributed by atoms with E-state index in [0.29, 0.717) is 17.7 Å². The molecule has 0 saturated carbocycles. The molecule has 0 aliphatic heterocycles. The van der Waals surface area contributed by atoms with Gasteiger partial charge in [-0.05, 0) is 62.6 Å². The molecule has 0 spiro atoms. The van der Waals surface area contributed by atoms with Crippen LogP contribution in [0.25, 0.3) is 0 Å². The SMILES string of the molecule is CCC(CNc1ccc(N=C2C(C)=CC(=O)C(N)=C2C)c(C)c1)S(=O)(=O)O. The van der Waals surface area contributed by atoms with Crippen LogP contribution in [0.5, 0.6) is 0 Å². The number of aryl methyl sites for hydroxylation is 1. The second-order valence-corrected chi connectivity index (χ2v) is 8.31. The highest BCUT2D eigenvalue weighted by molar-refractivity contribution is 7.86. The predicted octanol–water partition coefficient (Wildman–Crippen LogP) is 2.91. The van der Waals surface area contributed by atoms with E-state index in [-0.39, 0.29) is 18.0 Å². The summed E-state index contributed by atoms with van der Waals surface area (Å²) in [4.78, 5) is 16.4. The molecule has 0 saturated heterocycles. The first kappa shape index (κ1) is 20.9. The molecule has 27 heavy (non-hydrogen) atoms. The van der Waals surface area contributed by atoms with Crippen molar-refractivity contribution in [1.82, 2.24) is 0 Å². The van der Waals surface area contributed by atoms with Crippen LogP contribution < -0.4 is 11.1 Å². The summed E-state index contributed by atoms with van der Waals surface area (Å²) in [5, 5.41) is 2.17. The molecule has 2 rings (SSSR count). The van der Waals surface area contributed by atoms with Crippen LogP contribution in [0.1, 0.15) is 32.8 Å². The van der Waals surface area contributed by atoms with Gasteiger partial charge in [0.05, 0.1) is 17.1 Å². The maximum Gasteiger partial charge on any atom is 0.269 e. The van der Waals surface area contributed by atoms with E-state index in [4.69, 9.17) is 5.73 Å². The first-order valence-corrected chi connectivity index (χ1v) is 10.1. The minimum Gasteiger partial charge on any atom is -0.395 e. The first-order valence-electron chi connectivity index (χ1n) is 8.63. The number of carbonyl (C=O) groups excluding carboxylic acids is 1. The lowest BCUT2D eigenvalue weighted by Gasteiger charge is -2.17. The number of ketones is 1. The second-order valence-electron chi connectivity index (χ2n) is 6.62. The Morgan fingerprint density at radius 3 is 2.48 bits per heavy atom. The third-order valence-electron chi connectivity index (χ3n) is 4.59. The molecule has 146 valence electrons. The fourth-order valence-corrected chi connectivity index (χ4v) is 3.54. The molecular formula is C19H25N3O4S. The number of hydrogen-bond acceptors (Lipinski definition) is 6. The Labute approximate surface area is 159 Å². The summed E-state index contributed by atoms with van der Waals surface area (Å²) < 4.78 is 31.8. The first-order chi connectivity index (χ1) is 12.5. The van der Waals surface area contributed by atoms with E-state index in [9.17, 15) is 17.8 Å². The highest BCUT2D eigenvalue weighted by Crippen LogP contribution is 2.26. The minimum absolute atomic E-state index is 0.116. The number of nitrogens with two attached hydrogens (primary N) is 1. The van der Waals surface area contributed by atoms with E-state index in [1.54, 1.807) is 19.9 Å². The molecule has 1 atom stereocenters. The second kappa shape index (κ2) is 8.06. The van der Waals surface area contributed by atoms with Crippen LogP contribution in [0.2, 0.25) is 0 Å². The molecule has 4 N–H and O–H groups in total. The van der Waals surface area contributed by atoms with Gasteiger partial charge in [-0.3, -0.25) is 9.35 Å². The molecule has 0 heterocycles. The zero-order chi connectivity index (χ0) is 20.4. The molecule has 1 aliphatic rings. The van der Waals surface area contributed by atoms with Crippen LogP contribution in [0.3, 0.4) is 0 Å². The van der Waals surface area contributed by atoms with Crippen molar-refractivity contribution < 1.29 is 17.8 Å². The summed E-state index contributed by atoms with van der Waals surface area (Å²) >= 11 is 0. The zero-order valence-electron chi connectivity index (χ0n) is 15.9. The molecule has 0 bridgehead atoms. The Balaban J connectivity index is 2.25. The van der Waals surface area contributed by atoms with Gasteiger partial charge in [0.1, 0.15) is 5.25 Å². The lowest BCUT2D eigenvalue weighted by Crippen LogP contribution is -2.27. The van der Waals surface area contributed by atoms with Gasteiger partial charge in [-0.15, -0.1) is 0 Å². The Morgan fingerprint density at radius 2 is 1.93 bits per heavy atom. The summed E-state index contributed by atoms with van der Waals surface area (Å²) in [6, 6.07) is 5.45. The maximum absolute atomic E-state index is 11.8. The molecular weight excluding hydrogens is 366 g/mol. The fraction of sp³-hybridized carbons (Fsp3) is 0.368. The van der Waals surface area contributed by atoms with E-state index in [1.165, 1.54) is 6.08 Å². The van der Waals surface area contributed by atoms with Gasteiger partial charge in [0.25, 0.3) is 10.1 Å². The number of nitrogens with zero attached hydrogens (tertiary/aromatic N) is 1. The van der Waals surface area contributed by atoms with Crippen molar-refractivity contribution in [2.45, 2.75) is 39.4 Å². The zero-order valence-corrected chi connectivity index (χ0v) is 16.7. The number of benzene rings is 1. The van der Waals surface area contributed by atoms with Gasteiger partial charge in [0, 0.05) is 17.8 Å². The number of nitrogens with one attached hydrogen (secondary N) is 1. The van der Waals surface area contributed by atoms with Crippen molar-refractivity contribution in [3.8, 4) is 0 Å². The summed E-state index contributed by atoms with van der Waals surface area (Å²) in [7, 11) is -4.08. The smallest absolute Gasteiger partial charge is 0.269 e. The Kier molecular flexibility index (Phi) is 6.22. The van der Waals surface area contributed by atoms with E-state index < -0.39 is 15.4 Å². The molecule has 0 amide bonds. The molecule has 0 aromatic heterocycles. The molecule has 1 unspecified atom stereocenters. The molecule has 0 fully saturated rings. The summed E-state index contributed by atoms with van der Waals surface area (Å²) in [6.45, 7) is 7.30. The van der Waals surface area contributed by atoms with Crippen molar-refractivity contribution in [1.29, 1.82) is 0 Å². The maximum atomic E-state index is 11.8. The van der Waals surface area contributed by atoms with Gasteiger partial charge in [0.2, 0.25) is 5.78 Å². The van der Waals surface area contributed by atoms with Crippen molar-refractivity contribution in [2.24, 2.45) is 10.7 Å². The number of aliphatic imine (C=N–C) groups is 1. The van der Waals surface area contributed by atoms with Crippen LogP contribution in [-0.2, 0) is 14.9 Å². The van der Waals surface area contributed by atoms with Gasteiger partial charge >= 0.3 is 0 Å². The van der Waals surface area contributed by atoms with Gasteiger partial charge < -0.3 is 11.1 Å². The van der Waals surface area contributed by atoms with E-state index >= 15 is 0 Å². The average Bonchev–Trinajstić information content (AvgIpc) is 2.57. The van der Waals surface area contributed by atoms with Crippen LogP contribution in [0.4, 0.5) is 11.4 Å². The number of allylic oxidation sites excluding steroid dienone is 3. The van der Waals surface area contributed by atoms with Gasteiger partial charge in [0.15, 0.2) is 0 Å². The monoisotopic (exact) mass is 391 g/mol. The minimum atomic E-state index is -4.08. The van der Waals surface area contributed by atoms with Crippen LogP contribution in [0.15, 0.2) is 46.1 Å². The number of rotatable bonds is 6. The van der Waals surface area contributed by atoms with Crippen molar-refractivity contribution >= 4 is 33.0 Å². The molecule has 1 aromatic carbocycles. The van der Waals surface area contributed by atoms with E-state index in [0.717, 1.165) is 22.5 Å². The summed E-state index contributed by atoms with van der Waals surface area (Å²) in [6.07, 6.45) is 1.79. The summed E-state index contributed by atoms with van der Waals surface area (Å²) in [5.41, 5.74) is 10.5. The van der Waals surface area contributed by atoms with Gasteiger partial charge in [-0.1, -0.05) is 6.92 Å². The Hall–Kier alpha value is -2.45. The standard InChI is InChI=1S/C19H25N3O4S/c1-5-15(27(24,25)26)10-21-14-6-7-16(11(2)8-14)22-19-12(3)9-17(23)18(20)13(19)4/h6-9,15,21H,5,10,20H2,1-4H3,(H,24,25,26). The predicted molar refractivity (Wildman–Crippen MR) is 108 cm³/mol. The van der Waals surface area contributed by atoms with Crippen molar-refractivity contribution in [2.75, 3.05) is 11.9 Å². The van der Waals surface area contributed by atoms with Crippen molar-refractivity contribution in [3.63, 3.8) is 0 Å². The molecule has 8 heteroatoms. The topological polar surface area (TPSA) is 122 Å². The normalized spacial score (nSPS) is 17.9. The summed E-state index contributed by atoms with van der Waals surface area (Å²) in [5.74, 6) is -0.204. The number of hydrogen-bond donors (Lipinski definition) is 3. The van der Waals surface area contributed by atoms with Gasteiger partial charge in [-0.2, -0.15) is 8.42 Å². The van der Waals surface area contributed by atoms with Crippen molar-refractivity contribution in [3.05, 3.63) is 46.7 Å². The third kappa shape index (κ3) is 4.84. The molecule has 1 aromatic rings. The van der Waals surface area contributed by atoms with Crippen LogP contribution in [0, 0.1) is 6.92 Å². The van der Waals surface area contributed by atoms with E-state index in [2.05, 4.69) is 10.3 Å². The Morgan fingerprint density at radius 1 is 1.26 bits per heavy atom. The number of carbonyl (C=O) groups is 1. The largest absolute Gasteiger partial charge is 0.395 e. The van der Waals surface area contributed by atoms with E-state index in [1.807, 2.05) is 26.0 Å². The van der Waals surface area contributed by atoms with Crippen LogP contribution in [-0.4, -0.2) is 36.3 Å². The van der Waals surface area contributed by atoms with Crippen LogP contribution >= 0.6 is 0 Å². The lowest BCUT2D eigenvalue weighted by atomic mass is 9.94. The molecule has 1 aliphatic carbocycles. The highest BCUT2D eigenvalue weighted by atomic mass is 32.2. The molecule has 0 radical (unpaired) electrons. The third-order valence-corrected chi connectivity index (χ3v) is 5.93. The van der Waals surface area contributed by atoms with Gasteiger partial charge in [-0.25, -0.2) is 4.99 Å². The Bertz CT molecular complexity index is 959. The lowest BCUT2D eigenvalue weighted by molar-refractivity contribution is -0.111. The number of anilines is 1.